The first kappa shape index (κ1) is 15.4. The van der Waals surface area contributed by atoms with Gasteiger partial charge in [-0.2, -0.15) is 0 Å². The summed E-state index contributed by atoms with van der Waals surface area (Å²) in [5, 5.41) is 2.54. The van der Waals surface area contributed by atoms with E-state index in [4.69, 9.17) is 11.6 Å². The van der Waals surface area contributed by atoms with E-state index in [1.54, 1.807) is 24.3 Å². The molecule has 106 valence electrons. The zero-order valence-electron chi connectivity index (χ0n) is 11.3. The fraction of sp³-hybridized carbons (Fsp3) is 0.0625. The first-order valence-electron chi connectivity index (χ1n) is 6.13. The van der Waals surface area contributed by atoms with Gasteiger partial charge in [0.25, 0.3) is 0 Å². The molecule has 0 fully saturated rings. The van der Waals surface area contributed by atoms with E-state index >= 15 is 0 Å². The summed E-state index contributed by atoms with van der Waals surface area (Å²) in [5.41, 5.74) is 2.41. The normalized spacial score (nSPS) is 11.2. The van der Waals surface area contributed by atoms with Crippen molar-refractivity contribution in [2.45, 2.75) is 6.92 Å². The topological polar surface area (TPSA) is 46.5 Å². The van der Waals surface area contributed by atoms with Crippen LogP contribution in [0.25, 0.3) is 11.1 Å². The molecule has 0 saturated carbocycles. The van der Waals surface area contributed by atoms with Crippen molar-refractivity contribution in [2.24, 2.45) is 5.18 Å². The van der Waals surface area contributed by atoms with Crippen LogP contribution in [-0.2, 0) is 4.79 Å². The van der Waals surface area contributed by atoms with Crippen molar-refractivity contribution in [1.82, 2.24) is 0 Å². The molecule has 1 aromatic carbocycles. The van der Waals surface area contributed by atoms with Crippen molar-refractivity contribution in [3.8, 4) is 0 Å². The number of nitrogens with zero attached hydrogens (tertiary/aromatic N) is 1. The number of carbonyl (C=O) groups excluding carboxylic acids is 1. The lowest BCUT2D eigenvalue weighted by Crippen LogP contribution is -2.00. The van der Waals surface area contributed by atoms with Crippen LogP contribution >= 0.6 is 22.9 Å². The number of nitroso groups, excluding NO2 is 1. The molecule has 3 nitrogen and oxygen atoms in total. The third-order valence-electron chi connectivity index (χ3n) is 2.96. The van der Waals surface area contributed by atoms with Crippen LogP contribution in [0.3, 0.4) is 0 Å². The summed E-state index contributed by atoms with van der Waals surface area (Å²) in [4.78, 5) is 23.3. The molecular formula is C16H12ClNO2S. The lowest BCUT2D eigenvalue weighted by atomic mass is 9.98. The maximum Gasteiger partial charge on any atom is 0.317 e. The van der Waals surface area contributed by atoms with E-state index in [0.29, 0.717) is 15.5 Å². The molecule has 0 bridgehead atoms. The smallest absolute Gasteiger partial charge is 0.263 e. The highest BCUT2D eigenvalue weighted by Crippen LogP contribution is 2.30. The molecule has 1 heterocycles. The molecule has 2 rings (SSSR count). The summed E-state index contributed by atoms with van der Waals surface area (Å²) >= 11 is 7.25. The Balaban J connectivity index is 2.48. The monoisotopic (exact) mass is 317 g/mol. The zero-order chi connectivity index (χ0) is 15.4. The van der Waals surface area contributed by atoms with Crippen molar-refractivity contribution in [3.63, 3.8) is 0 Å². The molecule has 2 aromatic rings. The minimum atomic E-state index is -0.812. The predicted molar refractivity (Wildman–Crippen MR) is 88.3 cm³/mol. The molecule has 0 aliphatic carbocycles. The number of hydrogen-bond acceptors (Lipinski definition) is 3. The fourth-order valence-corrected chi connectivity index (χ4v) is 2.90. The Morgan fingerprint density at radius 1 is 1.29 bits per heavy atom. The molecule has 0 aliphatic rings. The van der Waals surface area contributed by atoms with Gasteiger partial charge in [0, 0.05) is 10.1 Å². The quantitative estimate of drug-likeness (QED) is 0.447. The van der Waals surface area contributed by atoms with Crippen molar-refractivity contribution in [2.75, 3.05) is 0 Å². The Morgan fingerprint density at radius 2 is 2.00 bits per heavy atom. The highest BCUT2D eigenvalue weighted by molar-refractivity contribution is 7.17. The van der Waals surface area contributed by atoms with Gasteiger partial charge in [0.05, 0.1) is 9.91 Å². The summed E-state index contributed by atoms with van der Waals surface area (Å²) in [6.45, 7) is 5.80. The standard InChI is InChI=1S/C16H12ClNO2S/c1-10-5-3-4-6-12(10)13(16(19)18-20)9-11(2)14-7-8-15(17)21-14/h3-9H,2H2,1H3/b13-9+. The third-order valence-corrected chi connectivity index (χ3v) is 4.26. The van der Waals surface area contributed by atoms with Gasteiger partial charge >= 0.3 is 5.91 Å². The summed E-state index contributed by atoms with van der Waals surface area (Å²) in [5.74, 6) is -0.812. The van der Waals surface area contributed by atoms with E-state index in [1.165, 1.54) is 11.3 Å². The van der Waals surface area contributed by atoms with Crippen LogP contribution in [-0.4, -0.2) is 5.91 Å². The lowest BCUT2D eigenvalue weighted by Gasteiger charge is -2.07. The Hall–Kier alpha value is -2.04. The van der Waals surface area contributed by atoms with Crippen molar-refractivity contribution >= 4 is 40.0 Å². The number of rotatable bonds is 4. The number of benzene rings is 1. The Labute approximate surface area is 131 Å². The van der Waals surface area contributed by atoms with Crippen LogP contribution in [0.2, 0.25) is 4.34 Å². The molecule has 0 unspecified atom stereocenters. The van der Waals surface area contributed by atoms with Gasteiger partial charge in [-0.1, -0.05) is 42.4 Å². The number of allylic oxidation sites excluding steroid dienone is 2. The van der Waals surface area contributed by atoms with Gasteiger partial charge in [-0.3, -0.25) is 4.79 Å². The Kier molecular flexibility index (Phi) is 4.83. The largest absolute Gasteiger partial charge is 0.317 e. The van der Waals surface area contributed by atoms with Crippen LogP contribution in [0.15, 0.2) is 54.2 Å². The van der Waals surface area contributed by atoms with E-state index < -0.39 is 5.91 Å². The second-order valence-corrected chi connectivity index (χ2v) is 6.11. The van der Waals surface area contributed by atoms with Gasteiger partial charge in [0.2, 0.25) is 0 Å². The second kappa shape index (κ2) is 6.61. The fourth-order valence-electron chi connectivity index (χ4n) is 1.91. The third kappa shape index (κ3) is 3.54. The van der Waals surface area contributed by atoms with Gasteiger partial charge in [-0.15, -0.1) is 16.2 Å². The van der Waals surface area contributed by atoms with Gasteiger partial charge in [-0.25, -0.2) is 0 Å². The van der Waals surface area contributed by atoms with Crippen LogP contribution in [0.4, 0.5) is 0 Å². The first-order valence-corrected chi connectivity index (χ1v) is 7.32. The van der Waals surface area contributed by atoms with Crippen LogP contribution in [0, 0.1) is 11.8 Å². The zero-order valence-corrected chi connectivity index (χ0v) is 12.9. The minimum Gasteiger partial charge on any atom is -0.263 e. The molecule has 0 atom stereocenters. The molecule has 0 saturated heterocycles. The lowest BCUT2D eigenvalue weighted by molar-refractivity contribution is -0.112. The van der Waals surface area contributed by atoms with Crippen molar-refractivity contribution < 1.29 is 4.79 Å². The molecule has 5 heteroatoms. The predicted octanol–water partition coefficient (Wildman–Crippen LogP) is 5.10. The summed E-state index contributed by atoms with van der Waals surface area (Å²) in [6.07, 6.45) is 1.58. The van der Waals surface area contributed by atoms with Gasteiger partial charge < -0.3 is 0 Å². The Morgan fingerprint density at radius 3 is 2.57 bits per heavy atom. The molecule has 1 amide bonds. The van der Waals surface area contributed by atoms with Crippen LogP contribution < -0.4 is 0 Å². The maximum atomic E-state index is 11.8. The molecule has 0 spiro atoms. The minimum absolute atomic E-state index is 0.234. The second-order valence-electron chi connectivity index (χ2n) is 4.40. The highest BCUT2D eigenvalue weighted by atomic mass is 35.5. The van der Waals surface area contributed by atoms with E-state index in [-0.39, 0.29) is 5.57 Å². The SMILES string of the molecule is C=C(/C=C(/C(=O)N=O)c1ccccc1C)c1ccc(Cl)s1. The van der Waals surface area contributed by atoms with E-state index in [2.05, 4.69) is 11.8 Å². The summed E-state index contributed by atoms with van der Waals surface area (Å²) < 4.78 is 0.636. The van der Waals surface area contributed by atoms with Crippen LogP contribution in [0.1, 0.15) is 16.0 Å². The maximum absolute atomic E-state index is 11.8. The highest BCUT2D eigenvalue weighted by Gasteiger charge is 2.15. The van der Waals surface area contributed by atoms with E-state index in [1.807, 2.05) is 25.1 Å². The van der Waals surface area contributed by atoms with Gasteiger partial charge in [-0.05, 0) is 41.8 Å². The number of hydrogen-bond donors (Lipinski definition) is 0. The van der Waals surface area contributed by atoms with E-state index in [0.717, 1.165) is 10.4 Å². The first-order chi connectivity index (χ1) is 10.0. The number of thiophene rings is 1. The summed E-state index contributed by atoms with van der Waals surface area (Å²) in [7, 11) is 0. The van der Waals surface area contributed by atoms with Crippen molar-refractivity contribution in [1.29, 1.82) is 0 Å². The molecule has 0 radical (unpaired) electrons. The van der Waals surface area contributed by atoms with E-state index in [9.17, 15) is 9.70 Å². The molecule has 0 N–H and O–H groups in total. The Bertz CT molecular complexity index is 746. The average molecular weight is 318 g/mol. The van der Waals surface area contributed by atoms with Crippen LogP contribution in [0.5, 0.6) is 0 Å². The number of aryl methyl sites for hydroxylation is 1. The number of amides is 1. The molecule has 21 heavy (non-hydrogen) atoms. The molecule has 0 aliphatic heterocycles. The molecular weight excluding hydrogens is 306 g/mol. The number of carbonyl (C=O) groups is 1. The molecule has 1 aromatic heterocycles. The van der Waals surface area contributed by atoms with Gasteiger partial charge in [0.15, 0.2) is 0 Å². The summed E-state index contributed by atoms with van der Waals surface area (Å²) in [6, 6.07) is 10.9. The average Bonchev–Trinajstić information content (AvgIpc) is 2.91. The van der Waals surface area contributed by atoms with Gasteiger partial charge in [0.1, 0.15) is 0 Å². The number of halogens is 1. The van der Waals surface area contributed by atoms with Crippen molar-refractivity contribution in [3.05, 3.63) is 74.3 Å².